The highest BCUT2D eigenvalue weighted by molar-refractivity contribution is 6.03. The van der Waals surface area contributed by atoms with Crippen LogP contribution in [-0.4, -0.2) is 138 Å². The summed E-state index contributed by atoms with van der Waals surface area (Å²) in [6.07, 6.45) is -7.45. The number of ether oxygens (including phenoxy) is 3. The van der Waals surface area contributed by atoms with Gasteiger partial charge in [-0.2, -0.15) is 4.58 Å². The quantitative estimate of drug-likeness (QED) is 0.0398. The van der Waals surface area contributed by atoms with Crippen LogP contribution in [0, 0.1) is 10.1 Å². The number of unbranched alkanes of at least 4 members (excludes halogenated alkanes) is 2. The van der Waals surface area contributed by atoms with E-state index >= 15 is 0 Å². The largest absolute Gasteiger partial charge is 1.00 e. The molecule has 18 heteroatoms. The van der Waals surface area contributed by atoms with Gasteiger partial charge in [0.25, 0.3) is 5.69 Å². The first-order valence-electron chi connectivity index (χ1n) is 22.1. The molecule has 1 amide bonds. The predicted molar refractivity (Wildman–Crippen MR) is 238 cm³/mol. The van der Waals surface area contributed by atoms with Gasteiger partial charge < -0.3 is 77.2 Å². The number of carbonyl (C=O) groups excluding carboxylic acids is 1. The minimum Gasteiger partial charge on any atom is -1.00 e. The van der Waals surface area contributed by atoms with Crippen molar-refractivity contribution < 1.29 is 81.2 Å². The second-order valence-electron chi connectivity index (χ2n) is 18.2. The van der Waals surface area contributed by atoms with Gasteiger partial charge in [-0.1, -0.05) is 62.7 Å². The molecule has 0 saturated carbocycles. The number of non-ortho nitro benzene ring substituents is 1. The minimum absolute atomic E-state index is 0. The Bertz CT molecular complexity index is 2290. The first kappa shape index (κ1) is 51.0. The fourth-order valence-electron chi connectivity index (χ4n) is 9.37. The maximum Gasteiger partial charge on any atom is 0.269 e. The Morgan fingerprint density at radius 1 is 0.803 bits per heavy atom. The summed E-state index contributed by atoms with van der Waals surface area (Å²) >= 11 is 0. The van der Waals surface area contributed by atoms with Crippen molar-refractivity contribution in [2.24, 2.45) is 0 Å². The number of nitrogens with one attached hydrogen (secondary N) is 1. The molecule has 0 bridgehead atoms. The summed E-state index contributed by atoms with van der Waals surface area (Å²) in [6.45, 7) is 9.16. The molecular formula is C48H61BrN4O13. The smallest absolute Gasteiger partial charge is 0.269 e. The molecule has 17 nitrogen and oxygen atoms in total. The van der Waals surface area contributed by atoms with Crippen LogP contribution < -0.4 is 27.2 Å². The molecule has 0 aromatic heterocycles. The van der Waals surface area contributed by atoms with Crippen molar-refractivity contribution in [3.8, 4) is 0 Å². The number of carbonyl (C=O) groups is 1. The average Bonchev–Trinajstić information content (AvgIpc) is 3.64. The number of fused-ring (bicyclic) bond motifs is 2. The summed E-state index contributed by atoms with van der Waals surface area (Å²) in [5, 5.41) is 85.8. The van der Waals surface area contributed by atoms with E-state index in [1.807, 2.05) is 24.3 Å². The van der Waals surface area contributed by atoms with Gasteiger partial charge in [-0.05, 0) is 56.5 Å². The number of amides is 1. The number of nitrogens with zero attached hydrogens (tertiary/aromatic N) is 3. The number of aliphatic hydroxyl groups is 7. The highest BCUT2D eigenvalue weighted by Crippen LogP contribution is 2.48. The van der Waals surface area contributed by atoms with Gasteiger partial charge in [-0.3, -0.25) is 14.9 Å². The minimum atomic E-state index is -1.80. The van der Waals surface area contributed by atoms with Crippen LogP contribution in [0.15, 0.2) is 96.7 Å². The van der Waals surface area contributed by atoms with Gasteiger partial charge in [0.15, 0.2) is 24.8 Å². The van der Waals surface area contributed by atoms with Gasteiger partial charge in [0, 0.05) is 71.7 Å². The summed E-state index contributed by atoms with van der Waals surface area (Å²) < 4.78 is 18.8. The highest BCUT2D eigenvalue weighted by Gasteiger charge is 2.50. The van der Waals surface area contributed by atoms with Crippen LogP contribution >= 0.6 is 0 Å². The van der Waals surface area contributed by atoms with Gasteiger partial charge in [-0.15, -0.1) is 0 Å². The number of aliphatic hydroxyl groups excluding tert-OH is 7. The number of hydrogen-bond acceptors (Lipinski definition) is 14. The van der Waals surface area contributed by atoms with Gasteiger partial charge in [0.1, 0.15) is 48.8 Å². The Hall–Kier alpha value is -4.44. The van der Waals surface area contributed by atoms with E-state index < -0.39 is 72.9 Å². The van der Waals surface area contributed by atoms with Gasteiger partial charge >= 0.3 is 0 Å². The maximum absolute atomic E-state index is 13.0. The van der Waals surface area contributed by atoms with E-state index in [1.165, 1.54) is 11.1 Å². The Balaban J connectivity index is 0.00000720. The standard InChI is InChI=1S/C48H60N4O13.BrH/c1-47(2)30-13-7-9-15-32(30)50(36(47)17-12-18-37-48(3,4)31-14-8-10-16-33(31)51(37)26-28-20-22-29(23-21-28)52(61)62)24-11-5-6-19-38(54)49-25-34-39(55)41(57)43(59)45(63-34)65-46-44(60)42(58)40(56)35(27-53)64-46;/h7-10,12-18,20-23,34-35,39-46,53,55-60H,5-6,11,19,24-27H2,1-4H3;1H/t34-,35-,39-,40-,41+,42+,43-,44-,45-,46-;/m1./s1. The van der Waals surface area contributed by atoms with Crippen LogP contribution in [0.3, 0.4) is 0 Å². The number of allylic oxidation sites excluding steroid dienone is 4. The van der Waals surface area contributed by atoms with Crippen molar-refractivity contribution in [2.75, 3.05) is 24.6 Å². The molecule has 0 aliphatic carbocycles. The average molecular weight is 982 g/mol. The van der Waals surface area contributed by atoms with E-state index in [4.69, 9.17) is 14.2 Å². The van der Waals surface area contributed by atoms with Crippen molar-refractivity contribution >= 4 is 28.7 Å². The molecule has 2 saturated heterocycles. The molecule has 4 aliphatic rings. The third-order valence-electron chi connectivity index (χ3n) is 13.2. The molecule has 0 radical (unpaired) electrons. The zero-order valence-corrected chi connectivity index (χ0v) is 39.0. The van der Waals surface area contributed by atoms with E-state index in [0.717, 1.165) is 41.2 Å². The molecule has 2 fully saturated rings. The van der Waals surface area contributed by atoms with Gasteiger partial charge in [-0.25, -0.2) is 0 Å². The normalized spacial score (nSPS) is 29.4. The zero-order chi connectivity index (χ0) is 46.8. The molecule has 66 heavy (non-hydrogen) atoms. The molecule has 3 aromatic rings. The van der Waals surface area contributed by atoms with Crippen LogP contribution in [0.1, 0.15) is 70.1 Å². The van der Waals surface area contributed by atoms with Crippen LogP contribution in [0.25, 0.3) is 0 Å². The van der Waals surface area contributed by atoms with Crippen molar-refractivity contribution in [3.05, 3.63) is 124 Å². The number of para-hydroxylation sites is 2. The molecule has 358 valence electrons. The first-order chi connectivity index (χ1) is 30.9. The molecule has 3 aromatic carbocycles. The lowest BCUT2D eigenvalue weighted by Gasteiger charge is -2.44. The van der Waals surface area contributed by atoms with Crippen molar-refractivity contribution in [1.29, 1.82) is 0 Å². The molecular weight excluding hydrogens is 920 g/mol. The number of anilines is 1. The topological polar surface area (TPSA) is 248 Å². The third kappa shape index (κ3) is 10.3. The van der Waals surface area contributed by atoms with Crippen LogP contribution in [0.2, 0.25) is 0 Å². The summed E-state index contributed by atoms with van der Waals surface area (Å²) in [5.74, 6) is -0.316. The molecule has 8 N–H and O–H groups in total. The monoisotopic (exact) mass is 980 g/mol. The lowest BCUT2D eigenvalue weighted by Crippen LogP contribution is -3.00. The zero-order valence-electron chi connectivity index (χ0n) is 37.4. The summed E-state index contributed by atoms with van der Waals surface area (Å²) in [6, 6.07) is 23.4. The molecule has 0 spiro atoms. The molecule has 4 heterocycles. The third-order valence-corrected chi connectivity index (χ3v) is 13.2. The van der Waals surface area contributed by atoms with E-state index in [1.54, 1.807) is 24.3 Å². The lowest BCUT2D eigenvalue weighted by molar-refractivity contribution is -0.455. The van der Waals surface area contributed by atoms with Crippen LogP contribution in [-0.2, 0) is 36.4 Å². The van der Waals surface area contributed by atoms with Crippen molar-refractivity contribution in [2.45, 2.75) is 132 Å². The first-order valence-corrected chi connectivity index (χ1v) is 22.1. The fraction of sp³-hybridized carbons (Fsp3) is 0.500. The summed E-state index contributed by atoms with van der Waals surface area (Å²) in [7, 11) is 0. The van der Waals surface area contributed by atoms with Crippen molar-refractivity contribution in [3.63, 3.8) is 0 Å². The second kappa shape index (κ2) is 21.2. The number of nitro benzene ring substituents is 1. The maximum atomic E-state index is 13.0. The number of benzene rings is 3. The number of nitro groups is 1. The molecule has 10 atom stereocenters. The van der Waals surface area contributed by atoms with Crippen LogP contribution in [0.5, 0.6) is 0 Å². The lowest BCUT2D eigenvalue weighted by atomic mass is 9.81. The number of hydrogen-bond donors (Lipinski definition) is 8. The summed E-state index contributed by atoms with van der Waals surface area (Å²) in [5.41, 5.74) is 7.27. The predicted octanol–water partition coefficient (Wildman–Crippen LogP) is -0.286. The molecule has 0 unspecified atom stereocenters. The number of rotatable bonds is 16. The Morgan fingerprint density at radius 3 is 2.06 bits per heavy atom. The number of halogens is 1. The van der Waals surface area contributed by atoms with Gasteiger partial charge in [0.2, 0.25) is 11.6 Å². The Kier molecular flexibility index (Phi) is 16.4. The molecule has 7 rings (SSSR count). The van der Waals surface area contributed by atoms with Crippen LogP contribution in [0.4, 0.5) is 17.1 Å². The van der Waals surface area contributed by atoms with E-state index in [0.29, 0.717) is 19.5 Å². The molecule has 4 aliphatic heterocycles. The summed E-state index contributed by atoms with van der Waals surface area (Å²) in [4.78, 5) is 26.2. The van der Waals surface area contributed by atoms with Gasteiger partial charge in [0.05, 0.1) is 16.9 Å². The second-order valence-corrected chi connectivity index (χ2v) is 18.2. The Morgan fingerprint density at radius 2 is 1.41 bits per heavy atom. The Labute approximate surface area is 394 Å². The van der Waals surface area contributed by atoms with Crippen molar-refractivity contribution in [1.82, 2.24) is 5.32 Å². The van der Waals surface area contributed by atoms with E-state index in [2.05, 4.69) is 85.0 Å². The SMILES string of the molecule is CC1(C)C(=CC=CC2=[N+](Cc3ccc([N+](=O)[O-])cc3)c3ccccc3C2(C)C)N(CCCCCC(=O)NC[C@H]2O[C@H](O[C@H]3O[C@H](CO)[C@@H](O)[C@H](O)[C@H]3O)[C@H](O)[C@@H](O)[C@@H]2O)c2ccccc21.[Br-]. The van der Waals surface area contributed by atoms with E-state index in [-0.39, 0.29) is 52.4 Å². The highest BCUT2D eigenvalue weighted by atomic mass is 79.9. The fourth-order valence-corrected chi connectivity index (χ4v) is 9.37. The van der Waals surface area contributed by atoms with E-state index in [9.17, 15) is 50.7 Å².